The van der Waals surface area contributed by atoms with Gasteiger partial charge in [0.15, 0.2) is 11.0 Å². The zero-order chi connectivity index (χ0) is 22.5. The first-order valence-corrected chi connectivity index (χ1v) is 10.9. The van der Waals surface area contributed by atoms with E-state index in [4.69, 9.17) is 4.74 Å². The van der Waals surface area contributed by atoms with E-state index < -0.39 is 0 Å². The van der Waals surface area contributed by atoms with E-state index in [1.807, 2.05) is 60.7 Å². The predicted octanol–water partition coefficient (Wildman–Crippen LogP) is 4.40. The first-order chi connectivity index (χ1) is 15.6. The summed E-state index contributed by atoms with van der Waals surface area (Å²) in [5.74, 6) is 1.27. The maximum Gasteiger partial charge on any atom is 0.237 e. The molecule has 0 fully saturated rings. The number of thioether (sulfide) groups is 1. The highest BCUT2D eigenvalue weighted by molar-refractivity contribution is 7.99. The van der Waals surface area contributed by atoms with Crippen LogP contribution in [-0.2, 0) is 4.79 Å². The summed E-state index contributed by atoms with van der Waals surface area (Å²) in [4.78, 5) is 14.4. The average Bonchev–Trinajstić information content (AvgIpc) is 3.26. The van der Waals surface area contributed by atoms with Gasteiger partial charge in [0.1, 0.15) is 11.5 Å². The van der Waals surface area contributed by atoms with Gasteiger partial charge in [-0.1, -0.05) is 54.2 Å². The fraction of sp³-hybridized carbons (Fsp3) is 0.125. The molecule has 32 heavy (non-hydrogen) atoms. The molecule has 8 heteroatoms. The lowest BCUT2D eigenvalue weighted by atomic mass is 10.2. The summed E-state index contributed by atoms with van der Waals surface area (Å²) in [6, 6.07) is 23.9. The van der Waals surface area contributed by atoms with E-state index in [2.05, 4.69) is 10.2 Å². The Morgan fingerprint density at radius 2 is 1.69 bits per heavy atom. The lowest BCUT2D eigenvalue weighted by molar-refractivity contribution is -0.115. The standard InChI is InChI=1S/C24H22N4O3S/c1-27(17-10-4-3-5-11-17)22(30)16-32-24-26-25-23(18-12-6-8-14-20(18)29)28(24)19-13-7-9-15-21(19)31-2/h3-15,29H,16H2,1-2H3. The Balaban J connectivity index is 1.70. The third-order valence-corrected chi connectivity index (χ3v) is 5.86. The summed E-state index contributed by atoms with van der Waals surface area (Å²) >= 11 is 1.27. The number of ether oxygens (including phenoxy) is 1. The van der Waals surface area contributed by atoms with Crippen molar-refractivity contribution in [2.24, 2.45) is 0 Å². The molecule has 0 atom stereocenters. The minimum absolute atomic E-state index is 0.0696. The summed E-state index contributed by atoms with van der Waals surface area (Å²) in [6.45, 7) is 0. The lowest BCUT2D eigenvalue weighted by Gasteiger charge is -2.17. The number of anilines is 1. The van der Waals surface area contributed by atoms with Crippen LogP contribution in [0, 0.1) is 0 Å². The topological polar surface area (TPSA) is 80.5 Å². The summed E-state index contributed by atoms with van der Waals surface area (Å²) in [5, 5.41) is 19.6. The van der Waals surface area contributed by atoms with Gasteiger partial charge < -0.3 is 14.7 Å². The molecule has 0 radical (unpaired) electrons. The van der Waals surface area contributed by atoms with Gasteiger partial charge in [0.25, 0.3) is 0 Å². The summed E-state index contributed by atoms with van der Waals surface area (Å²) in [6.07, 6.45) is 0. The van der Waals surface area contributed by atoms with Crippen molar-refractivity contribution < 1.29 is 14.6 Å². The molecule has 0 saturated carbocycles. The molecule has 1 amide bonds. The Labute approximate surface area is 190 Å². The molecule has 0 spiro atoms. The molecule has 4 rings (SSSR count). The zero-order valence-electron chi connectivity index (χ0n) is 17.7. The molecule has 162 valence electrons. The molecule has 1 N–H and O–H groups in total. The van der Waals surface area contributed by atoms with Crippen molar-refractivity contribution in [2.75, 3.05) is 24.8 Å². The second-order valence-corrected chi connectivity index (χ2v) is 7.85. The molecule has 1 aromatic heterocycles. The number of carbonyl (C=O) groups excluding carboxylic acids is 1. The van der Waals surface area contributed by atoms with Crippen LogP contribution in [0.3, 0.4) is 0 Å². The number of aromatic hydroxyl groups is 1. The van der Waals surface area contributed by atoms with Crippen LogP contribution in [0.4, 0.5) is 5.69 Å². The highest BCUT2D eigenvalue weighted by Crippen LogP contribution is 2.35. The molecule has 0 aliphatic carbocycles. The quantitative estimate of drug-likeness (QED) is 0.424. The highest BCUT2D eigenvalue weighted by Gasteiger charge is 2.22. The second-order valence-electron chi connectivity index (χ2n) is 6.91. The number of amides is 1. The van der Waals surface area contributed by atoms with Gasteiger partial charge in [-0.05, 0) is 36.4 Å². The average molecular weight is 447 g/mol. The van der Waals surface area contributed by atoms with Crippen LogP contribution in [0.15, 0.2) is 84.0 Å². The molecule has 7 nitrogen and oxygen atoms in total. The van der Waals surface area contributed by atoms with Gasteiger partial charge in [-0.15, -0.1) is 10.2 Å². The number of hydrogen-bond acceptors (Lipinski definition) is 6. The monoisotopic (exact) mass is 446 g/mol. The Hall–Kier alpha value is -3.78. The summed E-state index contributed by atoms with van der Waals surface area (Å²) in [7, 11) is 3.34. The van der Waals surface area contributed by atoms with Crippen LogP contribution in [0.1, 0.15) is 0 Å². The minimum Gasteiger partial charge on any atom is -0.507 e. The Kier molecular flexibility index (Phi) is 6.42. The Bertz CT molecular complexity index is 1230. The SMILES string of the molecule is COc1ccccc1-n1c(SCC(=O)N(C)c2ccccc2)nnc1-c1ccccc1O. The Morgan fingerprint density at radius 1 is 1.00 bits per heavy atom. The fourth-order valence-corrected chi connectivity index (χ4v) is 4.11. The number of hydrogen-bond donors (Lipinski definition) is 1. The van der Waals surface area contributed by atoms with Crippen molar-refractivity contribution in [3.63, 3.8) is 0 Å². The number of aromatic nitrogens is 3. The number of benzene rings is 3. The summed E-state index contributed by atoms with van der Waals surface area (Å²) in [5.41, 5.74) is 2.06. The van der Waals surface area contributed by atoms with E-state index in [1.165, 1.54) is 11.8 Å². The second kappa shape index (κ2) is 9.57. The molecule has 1 heterocycles. The number of phenolic OH excluding ortho intramolecular Hbond substituents is 1. The van der Waals surface area contributed by atoms with Crippen LogP contribution in [0.5, 0.6) is 11.5 Å². The van der Waals surface area contributed by atoms with Gasteiger partial charge >= 0.3 is 0 Å². The van der Waals surface area contributed by atoms with Crippen molar-refractivity contribution in [3.8, 4) is 28.6 Å². The van der Waals surface area contributed by atoms with Crippen LogP contribution < -0.4 is 9.64 Å². The molecular weight excluding hydrogens is 424 g/mol. The predicted molar refractivity (Wildman–Crippen MR) is 126 cm³/mol. The largest absolute Gasteiger partial charge is 0.507 e. The highest BCUT2D eigenvalue weighted by atomic mass is 32.2. The van der Waals surface area contributed by atoms with Crippen molar-refractivity contribution in [2.45, 2.75) is 5.16 Å². The van der Waals surface area contributed by atoms with Gasteiger partial charge in [-0.2, -0.15) is 0 Å². The van der Waals surface area contributed by atoms with E-state index in [1.54, 1.807) is 41.8 Å². The molecule has 0 saturated heterocycles. The first-order valence-electron chi connectivity index (χ1n) is 9.91. The minimum atomic E-state index is -0.0696. The number of carbonyl (C=O) groups is 1. The van der Waals surface area contributed by atoms with Crippen LogP contribution in [0.25, 0.3) is 17.1 Å². The number of rotatable bonds is 7. The normalized spacial score (nSPS) is 10.7. The molecule has 0 aliphatic heterocycles. The number of para-hydroxylation sites is 4. The van der Waals surface area contributed by atoms with Crippen molar-refractivity contribution in [1.82, 2.24) is 14.8 Å². The Morgan fingerprint density at radius 3 is 2.44 bits per heavy atom. The van der Waals surface area contributed by atoms with E-state index in [9.17, 15) is 9.90 Å². The van der Waals surface area contributed by atoms with Gasteiger partial charge in [0, 0.05) is 12.7 Å². The van der Waals surface area contributed by atoms with Crippen molar-refractivity contribution in [3.05, 3.63) is 78.9 Å². The fourth-order valence-electron chi connectivity index (χ4n) is 3.25. The summed E-state index contributed by atoms with van der Waals surface area (Å²) < 4.78 is 7.34. The van der Waals surface area contributed by atoms with Crippen LogP contribution in [0.2, 0.25) is 0 Å². The van der Waals surface area contributed by atoms with Gasteiger partial charge in [0.2, 0.25) is 5.91 Å². The first kappa shape index (κ1) is 21.5. The van der Waals surface area contributed by atoms with Gasteiger partial charge in [-0.25, -0.2) is 0 Å². The third kappa shape index (κ3) is 4.31. The number of phenols is 1. The van der Waals surface area contributed by atoms with E-state index in [-0.39, 0.29) is 17.4 Å². The maximum atomic E-state index is 12.8. The van der Waals surface area contributed by atoms with E-state index in [0.717, 1.165) is 5.69 Å². The van der Waals surface area contributed by atoms with Crippen molar-refractivity contribution in [1.29, 1.82) is 0 Å². The van der Waals surface area contributed by atoms with E-state index in [0.29, 0.717) is 28.0 Å². The molecule has 0 aliphatic rings. The molecule has 3 aromatic carbocycles. The molecule has 0 unspecified atom stereocenters. The molecular formula is C24H22N4O3S. The molecule has 0 bridgehead atoms. The molecule has 4 aromatic rings. The number of methoxy groups -OCH3 is 1. The van der Waals surface area contributed by atoms with Gasteiger partial charge in [0.05, 0.1) is 24.1 Å². The third-order valence-electron chi connectivity index (χ3n) is 4.95. The van der Waals surface area contributed by atoms with Crippen LogP contribution in [-0.4, -0.2) is 45.7 Å². The van der Waals surface area contributed by atoms with Crippen molar-refractivity contribution >= 4 is 23.4 Å². The zero-order valence-corrected chi connectivity index (χ0v) is 18.5. The lowest BCUT2D eigenvalue weighted by Crippen LogP contribution is -2.27. The van der Waals surface area contributed by atoms with E-state index >= 15 is 0 Å². The maximum absolute atomic E-state index is 12.8. The smallest absolute Gasteiger partial charge is 0.237 e. The van der Waals surface area contributed by atoms with Gasteiger partial charge in [-0.3, -0.25) is 9.36 Å². The number of nitrogens with zero attached hydrogens (tertiary/aromatic N) is 4. The van der Waals surface area contributed by atoms with Crippen LogP contribution >= 0.6 is 11.8 Å².